The summed E-state index contributed by atoms with van der Waals surface area (Å²) < 4.78 is 481. The van der Waals surface area contributed by atoms with Crippen LogP contribution in [0.3, 0.4) is 0 Å². The summed E-state index contributed by atoms with van der Waals surface area (Å²) in [7, 11) is 0. The molecule has 0 unspecified atom stereocenters. The van der Waals surface area contributed by atoms with Crippen molar-refractivity contribution in [1.82, 2.24) is 0 Å². The third-order valence-electron chi connectivity index (χ3n) is 6.94. The van der Waals surface area contributed by atoms with Crippen LogP contribution in [0.4, 0.5) is 171 Å². The largest absolute Gasteiger partial charge is 0.460 e. The number of alkyl halides is 39. The molecule has 0 spiro atoms. The quantitative estimate of drug-likeness (QED) is 0.113. The van der Waals surface area contributed by atoms with Crippen molar-refractivity contribution in [3.63, 3.8) is 0 Å². The number of halogens is 39. The Kier molecular flexibility index (Phi) is 19.9. The van der Waals surface area contributed by atoms with Gasteiger partial charge in [-0.3, -0.25) is 0 Å². The van der Waals surface area contributed by atoms with E-state index in [9.17, 15) is 171 Å². The molecule has 0 aliphatic carbocycles. The summed E-state index contributed by atoms with van der Waals surface area (Å²) in [6.45, 7) is 6.04. The molecule has 0 aromatic carbocycles. The predicted octanol–water partition coefficient (Wildman–Crippen LogP) is 14.7. The molecule has 0 amide bonds. The first-order valence-electron chi connectivity index (χ1n) is 13.7. The van der Waals surface area contributed by atoms with E-state index in [0.29, 0.717) is 0 Å². The molecule has 0 saturated heterocycles. The van der Waals surface area contributed by atoms with Gasteiger partial charge in [0.05, 0.1) is 0 Å². The maximum Gasteiger partial charge on any atom is 0.460 e. The minimum Gasteiger partial charge on any atom is -0.200 e. The van der Waals surface area contributed by atoms with Gasteiger partial charge in [-0.05, 0) is 20.8 Å². The van der Waals surface area contributed by atoms with E-state index in [0.717, 1.165) is 0 Å². The molecule has 0 aliphatic rings. The number of hydrogen-bond acceptors (Lipinski definition) is 0. The van der Waals surface area contributed by atoms with Crippen molar-refractivity contribution in [3.05, 3.63) is 20.8 Å². The van der Waals surface area contributed by atoms with Gasteiger partial charge in [0.2, 0.25) is 0 Å². The fraction of sp³-hybridized carbons (Fsp3) is 0.875. The van der Waals surface area contributed by atoms with Crippen LogP contribution in [0.1, 0.15) is 20.7 Å². The van der Waals surface area contributed by atoms with Crippen LogP contribution in [0.25, 0.3) is 0 Å². The summed E-state index contributed by atoms with van der Waals surface area (Å²) in [5, 5.41) is 0. The zero-order valence-corrected chi connectivity index (χ0v) is 31.3. The Morgan fingerprint density at radius 3 is 0.359 bits per heavy atom. The standard InChI is InChI=1S/3C8H4F13.Sn.H2/c3*1-2-3(9,10)4(11,12)5(13,14)6(15,16)7(17,18)8(19,20)21;;/h3*1-2H2;;1H. The van der Waals surface area contributed by atoms with E-state index in [-0.39, 0.29) is 25.3 Å². The third kappa shape index (κ3) is 10.4. The Morgan fingerprint density at radius 2 is 0.281 bits per heavy atom. The fourth-order valence-corrected chi connectivity index (χ4v) is 2.88. The van der Waals surface area contributed by atoms with E-state index in [2.05, 4.69) is 0 Å². The molecule has 40 heteroatoms. The molecule has 0 bridgehead atoms. The topological polar surface area (TPSA) is 0 Å². The van der Waals surface area contributed by atoms with Crippen molar-refractivity contribution in [2.75, 3.05) is 0 Å². The van der Waals surface area contributed by atoms with Crippen LogP contribution in [0, 0.1) is 20.8 Å². The van der Waals surface area contributed by atoms with Crippen LogP contribution in [0.2, 0.25) is 0 Å². The van der Waals surface area contributed by atoms with E-state index in [4.69, 9.17) is 0 Å². The summed E-state index contributed by atoms with van der Waals surface area (Å²) in [5.41, 5.74) is 0. The summed E-state index contributed by atoms with van der Waals surface area (Å²) in [6, 6.07) is 0. The first-order valence-corrected chi connectivity index (χ1v) is 13.7. The molecule has 0 aliphatic heterocycles. The van der Waals surface area contributed by atoms with Gasteiger partial charge in [-0.2, -0.15) is 171 Å². The molecule has 0 rings (SSSR count). The average molecular weight is 1160 g/mol. The molecule has 7 radical (unpaired) electrons. The molecular formula is C24H14F39Sn. The molecule has 387 valence electrons. The van der Waals surface area contributed by atoms with E-state index in [1.54, 1.807) is 0 Å². The second kappa shape index (κ2) is 18.5. The normalized spacial score (nSPS) is 16.0. The fourth-order valence-electron chi connectivity index (χ4n) is 2.88. The van der Waals surface area contributed by atoms with Crippen LogP contribution >= 0.6 is 0 Å². The Balaban J connectivity index is -0.000000273. The molecular weight excluding hydrogens is 1150 g/mol. The number of hydrogen-bond donors (Lipinski definition) is 0. The van der Waals surface area contributed by atoms with E-state index >= 15 is 0 Å². The van der Waals surface area contributed by atoms with Crippen molar-refractivity contribution in [1.29, 1.82) is 0 Å². The van der Waals surface area contributed by atoms with Gasteiger partial charge >= 0.3 is 107 Å². The van der Waals surface area contributed by atoms with Crippen molar-refractivity contribution in [2.24, 2.45) is 0 Å². The van der Waals surface area contributed by atoms with Crippen LogP contribution in [0.15, 0.2) is 0 Å². The van der Waals surface area contributed by atoms with E-state index in [1.165, 1.54) is 0 Å². The Hall–Kier alpha value is -1.93. The Bertz CT molecular complexity index is 1320. The summed E-state index contributed by atoms with van der Waals surface area (Å²) in [5.74, 6) is -109. The smallest absolute Gasteiger partial charge is 0.200 e. The molecule has 0 aromatic heterocycles. The molecule has 0 atom stereocenters. The van der Waals surface area contributed by atoms with Gasteiger partial charge in [0, 0.05) is 44.6 Å². The summed E-state index contributed by atoms with van der Waals surface area (Å²) in [4.78, 5) is 0. The number of rotatable bonds is 15. The minimum atomic E-state index is -7.83. The Morgan fingerprint density at radius 1 is 0.188 bits per heavy atom. The first-order chi connectivity index (χ1) is 26.4. The third-order valence-corrected chi connectivity index (χ3v) is 6.94. The molecule has 0 saturated carbocycles. The zero-order chi connectivity index (χ0) is 53.1. The first kappa shape index (κ1) is 68.6. The molecule has 0 N–H and O–H groups in total. The van der Waals surface area contributed by atoms with E-state index in [1.807, 2.05) is 20.8 Å². The maximum atomic E-state index is 12.7. The average Bonchev–Trinajstić information content (AvgIpc) is 3.06. The molecule has 0 nitrogen and oxygen atoms in total. The SMILES string of the molecule is [CH2]CC(F)(F)C(F)(F)C(F)(F)C(F)(F)C(F)(F)C(F)(F)F.[CH2]CC(F)(F)C(F)(F)C(F)(F)C(F)(F)C(F)(F)C(F)(F)F.[CH2]CC(F)(F)C(F)(F)C(F)(F)C(F)(F)C(F)(F)C(F)(F)F.[HH].[Sn]. The second-order valence-corrected chi connectivity index (χ2v) is 11.2. The van der Waals surface area contributed by atoms with Crippen molar-refractivity contribution < 1.29 is 173 Å². The van der Waals surface area contributed by atoms with Crippen molar-refractivity contribution in [2.45, 2.75) is 127 Å². The monoisotopic (exact) mass is 1160 g/mol. The Labute approximate surface area is 344 Å². The van der Waals surface area contributed by atoms with Gasteiger partial charge in [-0.15, -0.1) is 0 Å². The molecule has 0 fully saturated rings. The zero-order valence-electron chi connectivity index (χ0n) is 28.5. The second-order valence-electron chi connectivity index (χ2n) is 11.2. The van der Waals surface area contributed by atoms with Crippen LogP contribution < -0.4 is 0 Å². The van der Waals surface area contributed by atoms with Crippen molar-refractivity contribution in [3.8, 4) is 0 Å². The van der Waals surface area contributed by atoms with Crippen LogP contribution in [-0.2, 0) is 0 Å². The molecule has 0 heterocycles. The van der Waals surface area contributed by atoms with Gasteiger partial charge in [-0.1, -0.05) is 0 Å². The van der Waals surface area contributed by atoms with Gasteiger partial charge in [0.25, 0.3) is 0 Å². The summed E-state index contributed by atoms with van der Waals surface area (Å²) in [6.07, 6.45) is -29.5. The molecule has 64 heavy (non-hydrogen) atoms. The van der Waals surface area contributed by atoms with Gasteiger partial charge < -0.3 is 0 Å². The molecule has 0 aromatic rings. The van der Waals surface area contributed by atoms with Crippen molar-refractivity contribution >= 4 is 23.9 Å². The van der Waals surface area contributed by atoms with Gasteiger partial charge in [0.1, 0.15) is 0 Å². The van der Waals surface area contributed by atoms with Crippen LogP contribution in [0.5, 0.6) is 0 Å². The van der Waals surface area contributed by atoms with E-state index < -0.39 is 127 Å². The van der Waals surface area contributed by atoms with Gasteiger partial charge in [0.15, 0.2) is 0 Å². The maximum absolute atomic E-state index is 12.7. The van der Waals surface area contributed by atoms with Crippen LogP contribution in [-0.4, -0.2) is 131 Å². The predicted molar refractivity (Wildman–Crippen MR) is 130 cm³/mol. The minimum absolute atomic E-state index is 0. The summed E-state index contributed by atoms with van der Waals surface area (Å²) >= 11 is 0. The van der Waals surface area contributed by atoms with Gasteiger partial charge in [-0.25, -0.2) is 0 Å².